The second-order valence-corrected chi connectivity index (χ2v) is 6.44. The van der Waals surface area contributed by atoms with E-state index in [-0.39, 0.29) is 25.0 Å². The Hall–Kier alpha value is -2.50. The first kappa shape index (κ1) is 19.8. The van der Waals surface area contributed by atoms with Crippen molar-refractivity contribution in [2.24, 2.45) is 0 Å². The third-order valence-corrected chi connectivity index (χ3v) is 4.60. The van der Waals surface area contributed by atoms with Gasteiger partial charge >= 0.3 is 5.97 Å². The van der Waals surface area contributed by atoms with E-state index in [1.54, 1.807) is 18.1 Å². The van der Waals surface area contributed by atoms with Crippen molar-refractivity contribution in [1.29, 1.82) is 0 Å². The topological polar surface area (TPSA) is 76.1 Å². The largest absolute Gasteiger partial charge is 0.493 e. The van der Waals surface area contributed by atoms with Gasteiger partial charge in [0.2, 0.25) is 0 Å². The van der Waals surface area contributed by atoms with E-state index in [9.17, 15) is 9.59 Å². The summed E-state index contributed by atoms with van der Waals surface area (Å²) in [4.78, 5) is 25.2. The summed E-state index contributed by atoms with van der Waals surface area (Å²) in [5.41, 5.74) is 1.06. The maximum absolute atomic E-state index is 12.6. The summed E-state index contributed by atoms with van der Waals surface area (Å²) < 4.78 is 11.0. The van der Waals surface area contributed by atoms with Crippen LogP contribution in [0.4, 0.5) is 0 Å². The highest BCUT2D eigenvalue weighted by molar-refractivity contribution is 5.78. The van der Waals surface area contributed by atoms with Gasteiger partial charge in [-0.1, -0.05) is 12.1 Å². The van der Waals surface area contributed by atoms with Crippen molar-refractivity contribution in [2.75, 3.05) is 20.3 Å². The van der Waals surface area contributed by atoms with Crippen LogP contribution in [0.5, 0.6) is 11.5 Å². The quantitative estimate of drug-likeness (QED) is 0.684. The Kier molecular flexibility index (Phi) is 7.51. The minimum absolute atomic E-state index is 0.0205. The van der Waals surface area contributed by atoms with Crippen LogP contribution in [0.1, 0.15) is 37.7 Å². The minimum Gasteiger partial charge on any atom is -0.493 e. The summed E-state index contributed by atoms with van der Waals surface area (Å²) in [6.45, 7) is 4.29. The Balaban J connectivity index is 1.97. The van der Waals surface area contributed by atoms with Gasteiger partial charge in [-0.2, -0.15) is 0 Å². The van der Waals surface area contributed by atoms with Crippen molar-refractivity contribution in [3.8, 4) is 11.5 Å². The Morgan fingerprint density at radius 1 is 1.35 bits per heavy atom. The maximum atomic E-state index is 12.6. The predicted octanol–water partition coefficient (Wildman–Crippen LogP) is 3.05. The monoisotopic (exact) mass is 361 g/mol. The van der Waals surface area contributed by atoms with Gasteiger partial charge in [0.15, 0.2) is 18.1 Å². The molecule has 0 aliphatic carbocycles. The fourth-order valence-corrected chi connectivity index (χ4v) is 3.27. The van der Waals surface area contributed by atoms with Gasteiger partial charge in [-0.25, -0.2) is 0 Å². The number of aliphatic carboxylic acids is 1. The molecule has 6 nitrogen and oxygen atoms in total. The number of likely N-dealkylation sites (tertiary alicyclic amines) is 1. The Bertz CT molecular complexity index is 643. The van der Waals surface area contributed by atoms with Crippen LogP contribution >= 0.6 is 0 Å². The predicted molar refractivity (Wildman–Crippen MR) is 98.6 cm³/mol. The molecule has 2 rings (SSSR count). The molecular weight excluding hydrogens is 334 g/mol. The van der Waals surface area contributed by atoms with Crippen LogP contribution in [0.15, 0.2) is 30.9 Å². The highest BCUT2D eigenvalue weighted by Crippen LogP contribution is 2.29. The fraction of sp³-hybridized carbons (Fsp3) is 0.500. The summed E-state index contributed by atoms with van der Waals surface area (Å²) >= 11 is 0. The number of carboxylic acids is 1. The number of hydrogen-bond donors (Lipinski definition) is 1. The zero-order valence-corrected chi connectivity index (χ0v) is 15.3. The van der Waals surface area contributed by atoms with Crippen LogP contribution < -0.4 is 9.47 Å². The lowest BCUT2D eigenvalue weighted by molar-refractivity contribution is -0.141. The van der Waals surface area contributed by atoms with Crippen LogP contribution in [-0.2, 0) is 16.0 Å². The molecular formula is C20H27NO5. The normalized spacial score (nSPS) is 16.8. The summed E-state index contributed by atoms with van der Waals surface area (Å²) in [5.74, 6) is 0.159. The maximum Gasteiger partial charge on any atom is 0.303 e. The van der Waals surface area contributed by atoms with Crippen LogP contribution in [-0.4, -0.2) is 48.2 Å². The molecule has 1 fully saturated rings. The number of hydrogen-bond acceptors (Lipinski definition) is 4. The van der Waals surface area contributed by atoms with Crippen molar-refractivity contribution >= 4 is 11.9 Å². The van der Waals surface area contributed by atoms with E-state index in [2.05, 4.69) is 6.58 Å². The van der Waals surface area contributed by atoms with Crippen molar-refractivity contribution < 1.29 is 24.2 Å². The average molecular weight is 361 g/mol. The first-order valence-electron chi connectivity index (χ1n) is 8.97. The Morgan fingerprint density at radius 3 is 2.85 bits per heavy atom. The molecule has 1 N–H and O–H groups in total. The molecule has 0 aromatic heterocycles. The fourth-order valence-electron chi connectivity index (χ4n) is 3.27. The second kappa shape index (κ2) is 9.85. The zero-order chi connectivity index (χ0) is 18.9. The average Bonchev–Trinajstić information content (AvgIpc) is 2.65. The number of carbonyl (C=O) groups is 2. The number of methoxy groups -OCH3 is 1. The van der Waals surface area contributed by atoms with Crippen molar-refractivity contribution in [3.05, 3.63) is 36.4 Å². The number of benzene rings is 1. The number of amides is 1. The molecule has 26 heavy (non-hydrogen) atoms. The Morgan fingerprint density at radius 2 is 2.15 bits per heavy atom. The third-order valence-electron chi connectivity index (χ3n) is 4.60. The summed E-state index contributed by atoms with van der Waals surface area (Å²) in [5, 5.41) is 8.89. The van der Waals surface area contributed by atoms with E-state index in [1.807, 2.05) is 18.2 Å². The van der Waals surface area contributed by atoms with E-state index < -0.39 is 5.97 Å². The molecule has 1 unspecified atom stereocenters. The molecule has 1 aromatic carbocycles. The summed E-state index contributed by atoms with van der Waals surface area (Å²) in [6.07, 6.45) is 5.91. The van der Waals surface area contributed by atoms with Gasteiger partial charge < -0.3 is 19.5 Å². The SMILES string of the molecule is C=CCc1ccc(OCC(=O)N2CCCCC2CCC(=O)O)c(OC)c1. The molecule has 0 radical (unpaired) electrons. The van der Waals surface area contributed by atoms with Crippen LogP contribution in [0.25, 0.3) is 0 Å². The van der Waals surface area contributed by atoms with Gasteiger partial charge in [-0.15, -0.1) is 6.58 Å². The highest BCUT2D eigenvalue weighted by Gasteiger charge is 2.27. The standard InChI is InChI=1S/C20H27NO5/c1-3-6-15-8-10-17(18(13-15)25-2)26-14-19(22)21-12-5-4-7-16(21)9-11-20(23)24/h3,8,10,13,16H,1,4-7,9,11-12,14H2,2H3,(H,23,24). The smallest absolute Gasteiger partial charge is 0.303 e. The minimum atomic E-state index is -0.830. The first-order chi connectivity index (χ1) is 12.5. The van der Waals surface area contributed by atoms with E-state index in [0.29, 0.717) is 24.5 Å². The van der Waals surface area contributed by atoms with Gasteiger partial charge in [0.05, 0.1) is 7.11 Å². The molecule has 0 bridgehead atoms. The van der Waals surface area contributed by atoms with E-state index in [4.69, 9.17) is 14.6 Å². The van der Waals surface area contributed by atoms with Gasteiger partial charge in [-0.05, 0) is 49.8 Å². The van der Waals surface area contributed by atoms with Gasteiger partial charge in [-0.3, -0.25) is 9.59 Å². The van der Waals surface area contributed by atoms with Crippen molar-refractivity contribution in [1.82, 2.24) is 4.90 Å². The summed E-state index contributed by atoms with van der Waals surface area (Å²) in [7, 11) is 1.56. The molecule has 1 aromatic rings. The van der Waals surface area contributed by atoms with Crippen LogP contribution in [0.2, 0.25) is 0 Å². The molecule has 1 atom stereocenters. The highest BCUT2D eigenvalue weighted by atomic mass is 16.5. The van der Waals surface area contributed by atoms with E-state index >= 15 is 0 Å². The number of allylic oxidation sites excluding steroid dienone is 1. The lowest BCUT2D eigenvalue weighted by atomic mass is 9.98. The van der Waals surface area contributed by atoms with Crippen molar-refractivity contribution in [2.45, 2.75) is 44.6 Å². The molecule has 0 saturated carbocycles. The number of nitrogens with zero attached hydrogens (tertiary/aromatic N) is 1. The van der Waals surface area contributed by atoms with E-state index in [0.717, 1.165) is 31.2 Å². The van der Waals surface area contributed by atoms with Crippen LogP contribution in [0.3, 0.4) is 0 Å². The molecule has 1 amide bonds. The molecule has 0 spiro atoms. The molecule has 1 aliphatic rings. The lowest BCUT2D eigenvalue weighted by Crippen LogP contribution is -2.46. The molecule has 1 heterocycles. The zero-order valence-electron chi connectivity index (χ0n) is 15.3. The molecule has 6 heteroatoms. The third kappa shape index (κ3) is 5.51. The number of piperidine rings is 1. The lowest BCUT2D eigenvalue weighted by Gasteiger charge is -2.35. The first-order valence-corrected chi connectivity index (χ1v) is 8.97. The number of rotatable bonds is 9. The van der Waals surface area contributed by atoms with Gasteiger partial charge in [0.25, 0.3) is 5.91 Å². The Labute approximate surface area is 154 Å². The van der Waals surface area contributed by atoms with Crippen molar-refractivity contribution in [3.63, 3.8) is 0 Å². The summed E-state index contributed by atoms with van der Waals surface area (Å²) in [6, 6.07) is 5.56. The number of carboxylic acid groups (broad SMARTS) is 1. The van der Waals surface area contributed by atoms with Gasteiger partial charge in [0, 0.05) is 19.0 Å². The number of carbonyl (C=O) groups excluding carboxylic acids is 1. The van der Waals surface area contributed by atoms with Gasteiger partial charge in [0.1, 0.15) is 0 Å². The second-order valence-electron chi connectivity index (χ2n) is 6.44. The molecule has 1 aliphatic heterocycles. The number of ether oxygens (including phenoxy) is 2. The van der Waals surface area contributed by atoms with Crippen LogP contribution in [0, 0.1) is 0 Å². The molecule has 1 saturated heterocycles. The molecule has 142 valence electrons. The van der Waals surface area contributed by atoms with E-state index in [1.165, 1.54) is 0 Å².